The van der Waals surface area contributed by atoms with Crippen LogP contribution in [0.2, 0.25) is 0 Å². The number of thioether (sulfide) groups is 2. The summed E-state index contributed by atoms with van der Waals surface area (Å²) in [7, 11) is 0. The molecule has 5 heteroatoms. The third kappa shape index (κ3) is 4.05. The Balaban J connectivity index is 3.14. The molecule has 0 spiro atoms. The summed E-state index contributed by atoms with van der Waals surface area (Å²) in [6.45, 7) is 12.5. The minimum absolute atomic E-state index is 0.196. The molecule has 1 rings (SSSR count). The van der Waals surface area contributed by atoms with E-state index in [9.17, 15) is 4.79 Å². The van der Waals surface area contributed by atoms with Crippen LogP contribution in [-0.2, 0) is 9.63 Å². The quantitative estimate of drug-likeness (QED) is 0.565. The zero-order valence-corrected chi connectivity index (χ0v) is 13.4. The van der Waals surface area contributed by atoms with Crippen molar-refractivity contribution in [3.05, 3.63) is 9.81 Å². The van der Waals surface area contributed by atoms with Crippen molar-refractivity contribution in [3.8, 4) is 0 Å². The first-order valence-electron chi connectivity index (χ1n) is 6.20. The van der Waals surface area contributed by atoms with E-state index in [-0.39, 0.29) is 11.9 Å². The molecule has 3 nitrogen and oxygen atoms in total. The average Bonchev–Trinajstić information content (AvgIpc) is 2.57. The van der Waals surface area contributed by atoms with Crippen LogP contribution < -0.4 is 0 Å². The second-order valence-corrected chi connectivity index (χ2v) is 8.44. The van der Waals surface area contributed by atoms with Gasteiger partial charge in [0.15, 0.2) is 0 Å². The van der Waals surface area contributed by atoms with E-state index in [1.807, 2.05) is 13.8 Å². The molecule has 1 heterocycles. The van der Waals surface area contributed by atoms with E-state index in [4.69, 9.17) is 4.84 Å². The summed E-state index contributed by atoms with van der Waals surface area (Å²) in [5, 5.41) is 4.78. The van der Waals surface area contributed by atoms with Crippen LogP contribution in [-0.4, -0.2) is 22.2 Å². The van der Waals surface area contributed by atoms with E-state index >= 15 is 0 Å². The molecule has 0 amide bonds. The van der Waals surface area contributed by atoms with Crippen LogP contribution in [0.15, 0.2) is 15.0 Å². The standard InChI is InChI=1S/C13H21NO2S2/c1-7(2)11-10(12(15)16-14-11)13(17-8(3)4)18-9(5)6/h7-9H,1-6H3. The van der Waals surface area contributed by atoms with Crippen LogP contribution in [0.25, 0.3) is 0 Å². The molecular weight excluding hydrogens is 266 g/mol. The predicted octanol–water partition coefficient (Wildman–Crippen LogP) is 4.05. The van der Waals surface area contributed by atoms with E-state index in [2.05, 4.69) is 32.9 Å². The monoisotopic (exact) mass is 287 g/mol. The van der Waals surface area contributed by atoms with Gasteiger partial charge in [-0.25, -0.2) is 4.79 Å². The topological polar surface area (TPSA) is 38.7 Å². The minimum atomic E-state index is -0.310. The lowest BCUT2D eigenvalue weighted by Crippen LogP contribution is -2.14. The molecule has 1 aliphatic heterocycles. The molecule has 0 atom stereocenters. The van der Waals surface area contributed by atoms with Crippen molar-refractivity contribution in [2.45, 2.75) is 52.0 Å². The van der Waals surface area contributed by atoms with E-state index in [1.54, 1.807) is 23.5 Å². The largest absolute Gasteiger partial charge is 0.369 e. The Labute approximate surface area is 118 Å². The highest BCUT2D eigenvalue weighted by Gasteiger charge is 2.32. The van der Waals surface area contributed by atoms with Crippen molar-refractivity contribution >= 4 is 35.2 Å². The molecule has 0 fully saturated rings. The number of hydrogen-bond donors (Lipinski definition) is 0. The van der Waals surface area contributed by atoms with Crippen LogP contribution in [0.4, 0.5) is 0 Å². The average molecular weight is 287 g/mol. The molecule has 0 radical (unpaired) electrons. The van der Waals surface area contributed by atoms with Gasteiger partial charge in [0.1, 0.15) is 5.57 Å². The molecule has 102 valence electrons. The molecule has 0 saturated carbocycles. The molecule has 0 aliphatic carbocycles. The van der Waals surface area contributed by atoms with Crippen LogP contribution in [0.3, 0.4) is 0 Å². The van der Waals surface area contributed by atoms with E-state index in [1.165, 1.54) is 0 Å². The second-order valence-electron chi connectivity index (χ2n) is 5.01. The molecule has 0 aromatic carbocycles. The van der Waals surface area contributed by atoms with Crippen LogP contribution >= 0.6 is 23.5 Å². The molecule has 0 unspecified atom stereocenters. The number of oxime groups is 1. The third-order valence-electron chi connectivity index (χ3n) is 2.12. The van der Waals surface area contributed by atoms with Gasteiger partial charge in [-0.2, -0.15) is 0 Å². The lowest BCUT2D eigenvalue weighted by Gasteiger charge is -2.15. The summed E-state index contributed by atoms with van der Waals surface area (Å²) in [5.74, 6) is -0.114. The lowest BCUT2D eigenvalue weighted by molar-refractivity contribution is -0.136. The summed E-state index contributed by atoms with van der Waals surface area (Å²) in [4.78, 5) is 16.7. The SMILES string of the molecule is CC(C)SC(SC(C)C)=C1C(=O)ON=C1C(C)C. The Morgan fingerprint density at radius 2 is 1.56 bits per heavy atom. The Bertz CT molecular complexity index is 372. The van der Waals surface area contributed by atoms with Crippen molar-refractivity contribution in [2.75, 3.05) is 0 Å². The Morgan fingerprint density at radius 1 is 1.06 bits per heavy atom. The van der Waals surface area contributed by atoms with Crippen molar-refractivity contribution < 1.29 is 9.63 Å². The summed E-state index contributed by atoms with van der Waals surface area (Å²) < 4.78 is 1.04. The smallest absolute Gasteiger partial charge is 0.312 e. The fourth-order valence-electron chi connectivity index (χ4n) is 1.44. The van der Waals surface area contributed by atoms with E-state index < -0.39 is 0 Å². The van der Waals surface area contributed by atoms with Crippen LogP contribution in [0.5, 0.6) is 0 Å². The lowest BCUT2D eigenvalue weighted by atomic mass is 10.0. The molecule has 0 N–H and O–H groups in total. The summed E-state index contributed by atoms with van der Waals surface area (Å²) in [5.41, 5.74) is 1.44. The van der Waals surface area contributed by atoms with Gasteiger partial charge in [0.2, 0.25) is 0 Å². The summed E-state index contributed by atoms with van der Waals surface area (Å²) >= 11 is 3.42. The van der Waals surface area contributed by atoms with Crippen molar-refractivity contribution in [2.24, 2.45) is 11.1 Å². The van der Waals surface area contributed by atoms with Crippen LogP contribution in [0, 0.1) is 5.92 Å². The van der Waals surface area contributed by atoms with E-state index in [0.29, 0.717) is 16.1 Å². The van der Waals surface area contributed by atoms with Crippen molar-refractivity contribution in [3.63, 3.8) is 0 Å². The van der Waals surface area contributed by atoms with Gasteiger partial charge in [-0.1, -0.05) is 46.7 Å². The minimum Gasteiger partial charge on any atom is -0.312 e. The number of rotatable bonds is 5. The molecule has 0 aromatic rings. The maximum Gasteiger partial charge on any atom is 0.369 e. The number of carbonyl (C=O) groups is 1. The first-order valence-corrected chi connectivity index (χ1v) is 7.96. The Kier molecular flexibility index (Phi) is 5.79. The highest BCUT2D eigenvalue weighted by molar-refractivity contribution is 8.22. The van der Waals surface area contributed by atoms with Crippen LogP contribution in [0.1, 0.15) is 41.5 Å². The molecule has 1 aliphatic rings. The normalized spacial score (nSPS) is 15.7. The van der Waals surface area contributed by atoms with Crippen molar-refractivity contribution in [1.29, 1.82) is 0 Å². The molecule has 0 aromatic heterocycles. The van der Waals surface area contributed by atoms with Gasteiger partial charge in [0, 0.05) is 10.5 Å². The van der Waals surface area contributed by atoms with Crippen molar-refractivity contribution in [1.82, 2.24) is 0 Å². The van der Waals surface area contributed by atoms with Gasteiger partial charge < -0.3 is 4.84 Å². The first-order chi connectivity index (χ1) is 8.32. The van der Waals surface area contributed by atoms with Gasteiger partial charge in [-0.05, 0) is 5.92 Å². The third-order valence-corrected chi connectivity index (χ3v) is 4.48. The Morgan fingerprint density at radius 3 is 1.94 bits per heavy atom. The highest BCUT2D eigenvalue weighted by Crippen LogP contribution is 2.39. The summed E-state index contributed by atoms with van der Waals surface area (Å²) in [6.07, 6.45) is 0. The van der Waals surface area contributed by atoms with E-state index in [0.717, 1.165) is 9.95 Å². The molecule has 0 bridgehead atoms. The maximum atomic E-state index is 11.9. The van der Waals surface area contributed by atoms with Gasteiger partial charge in [-0.15, -0.1) is 23.5 Å². The first kappa shape index (κ1) is 15.6. The molecular formula is C13H21NO2S2. The van der Waals surface area contributed by atoms with Gasteiger partial charge in [0.25, 0.3) is 0 Å². The fourth-order valence-corrected chi connectivity index (χ4v) is 4.29. The van der Waals surface area contributed by atoms with Gasteiger partial charge >= 0.3 is 5.97 Å². The maximum absolute atomic E-state index is 11.9. The second kappa shape index (κ2) is 6.66. The highest BCUT2D eigenvalue weighted by atomic mass is 32.2. The van der Waals surface area contributed by atoms with Gasteiger partial charge in [0.05, 0.1) is 9.95 Å². The van der Waals surface area contributed by atoms with Gasteiger partial charge in [-0.3, -0.25) is 0 Å². The fraction of sp³-hybridized carbons (Fsp3) is 0.692. The zero-order valence-electron chi connectivity index (χ0n) is 11.8. The molecule has 0 saturated heterocycles. The Hall–Kier alpha value is -0.420. The number of hydrogen-bond acceptors (Lipinski definition) is 5. The number of carbonyl (C=O) groups excluding carboxylic acids is 1. The predicted molar refractivity (Wildman–Crippen MR) is 80.8 cm³/mol. The summed E-state index contributed by atoms with van der Waals surface area (Å²) in [6, 6.07) is 0. The zero-order chi connectivity index (χ0) is 13.9. The molecule has 18 heavy (non-hydrogen) atoms. The number of nitrogens with zero attached hydrogens (tertiary/aromatic N) is 1.